The van der Waals surface area contributed by atoms with E-state index < -0.39 is 6.10 Å². The molecule has 2 aromatic carbocycles. The molecule has 0 radical (unpaired) electrons. The number of amides is 1. The van der Waals surface area contributed by atoms with E-state index in [0.29, 0.717) is 12.3 Å². The van der Waals surface area contributed by atoms with Crippen molar-refractivity contribution in [2.75, 3.05) is 27.2 Å². The van der Waals surface area contributed by atoms with Crippen molar-refractivity contribution < 1.29 is 19.7 Å². The summed E-state index contributed by atoms with van der Waals surface area (Å²) < 4.78 is 5.62. The number of likely N-dealkylation sites (N-methyl/N-ethyl adjacent to an activating group) is 1. The minimum absolute atomic E-state index is 0.0340. The summed E-state index contributed by atoms with van der Waals surface area (Å²) in [6.45, 7) is 0.491. The van der Waals surface area contributed by atoms with Crippen molar-refractivity contribution in [3.63, 3.8) is 0 Å². The summed E-state index contributed by atoms with van der Waals surface area (Å²) in [5, 5.41) is 23.1. The smallest absolute Gasteiger partial charge is 0.259 e. The van der Waals surface area contributed by atoms with E-state index >= 15 is 0 Å². The van der Waals surface area contributed by atoms with Gasteiger partial charge < -0.3 is 25.2 Å². The normalized spacial score (nSPS) is 16.9. The number of fused-ring (bicyclic) bond motifs is 1. The number of hydrogen-bond acceptors (Lipinski definition) is 5. The van der Waals surface area contributed by atoms with Gasteiger partial charge in [-0.3, -0.25) is 4.79 Å². The van der Waals surface area contributed by atoms with Gasteiger partial charge in [-0.05, 0) is 60.2 Å². The molecule has 0 heterocycles. The van der Waals surface area contributed by atoms with Gasteiger partial charge >= 0.3 is 0 Å². The number of carbonyl (C=O) groups is 1. The number of aromatic hydroxyl groups is 1. The number of nitrogens with zero attached hydrogens (tertiary/aromatic N) is 1. The molecule has 1 aliphatic carbocycles. The number of hydrogen-bond donors (Lipinski definition) is 3. The minimum atomic E-state index is -0.617. The Hall–Kier alpha value is -2.57. The lowest BCUT2D eigenvalue weighted by Crippen LogP contribution is -2.37. The molecule has 0 fully saturated rings. The van der Waals surface area contributed by atoms with Gasteiger partial charge in [-0.1, -0.05) is 18.2 Å². The zero-order valence-electron chi connectivity index (χ0n) is 16.4. The van der Waals surface area contributed by atoms with Crippen LogP contribution in [0.1, 0.15) is 29.2 Å². The van der Waals surface area contributed by atoms with Crippen LogP contribution >= 0.6 is 0 Å². The average Bonchev–Trinajstić information content (AvgIpc) is 2.70. The van der Waals surface area contributed by atoms with E-state index in [0.717, 1.165) is 24.8 Å². The van der Waals surface area contributed by atoms with E-state index in [1.54, 1.807) is 38.4 Å². The maximum atomic E-state index is 11.7. The Morgan fingerprint density at radius 2 is 1.96 bits per heavy atom. The number of phenols is 1. The fourth-order valence-electron chi connectivity index (χ4n) is 3.36. The number of aliphatic hydroxyl groups excluding tert-OH is 1. The number of rotatable bonds is 7. The van der Waals surface area contributed by atoms with Crippen LogP contribution in [0.3, 0.4) is 0 Å². The summed E-state index contributed by atoms with van der Waals surface area (Å²) >= 11 is 0. The van der Waals surface area contributed by atoms with Crippen LogP contribution in [0.15, 0.2) is 42.5 Å². The second kappa shape index (κ2) is 9.08. The molecule has 0 aromatic heterocycles. The number of carbonyl (C=O) groups excluding carboxylic acids is 1. The molecule has 0 saturated carbocycles. The van der Waals surface area contributed by atoms with Gasteiger partial charge in [-0.25, -0.2) is 0 Å². The van der Waals surface area contributed by atoms with Crippen LogP contribution in [0, 0.1) is 0 Å². The van der Waals surface area contributed by atoms with Gasteiger partial charge in [0.05, 0.1) is 6.10 Å². The maximum absolute atomic E-state index is 11.7. The van der Waals surface area contributed by atoms with Crippen LogP contribution in [0.25, 0.3) is 0 Å². The quantitative estimate of drug-likeness (QED) is 0.681. The second-order valence-electron chi connectivity index (χ2n) is 7.46. The highest BCUT2D eigenvalue weighted by Crippen LogP contribution is 2.26. The molecule has 0 saturated heterocycles. The van der Waals surface area contributed by atoms with Gasteiger partial charge in [0.15, 0.2) is 6.61 Å². The van der Waals surface area contributed by atoms with Crippen molar-refractivity contribution in [3.8, 4) is 11.5 Å². The summed E-state index contributed by atoms with van der Waals surface area (Å²) in [5.74, 6) is 0.831. The predicted octanol–water partition coefficient (Wildman–Crippen LogP) is 2.04. The first-order valence-corrected chi connectivity index (χ1v) is 9.57. The van der Waals surface area contributed by atoms with Crippen LogP contribution in [0.2, 0.25) is 0 Å². The molecule has 3 rings (SSSR count). The highest BCUT2D eigenvalue weighted by molar-refractivity contribution is 5.77. The largest absolute Gasteiger partial charge is 0.508 e. The topological polar surface area (TPSA) is 82.0 Å². The second-order valence-corrected chi connectivity index (χ2v) is 7.46. The molecular formula is C22H28N2O4. The first kappa shape index (κ1) is 20.2. The molecular weight excluding hydrogens is 356 g/mol. The third-order valence-electron chi connectivity index (χ3n) is 5.15. The SMILES string of the molecule is CN(C)C(=O)COc1ccc2c(c1)C[C@@H](NC[C@H](O)c1ccc(O)cc1)CC2. The number of benzene rings is 2. The number of aliphatic hydroxyl groups is 1. The van der Waals surface area contributed by atoms with E-state index in [1.807, 2.05) is 12.1 Å². The zero-order valence-corrected chi connectivity index (χ0v) is 16.4. The fraction of sp³-hybridized carbons (Fsp3) is 0.409. The summed E-state index contributed by atoms with van der Waals surface area (Å²) in [4.78, 5) is 13.2. The van der Waals surface area contributed by atoms with E-state index in [4.69, 9.17) is 4.74 Å². The Kier molecular flexibility index (Phi) is 6.54. The van der Waals surface area contributed by atoms with Crippen molar-refractivity contribution in [3.05, 3.63) is 59.2 Å². The molecule has 2 atom stereocenters. The third kappa shape index (κ3) is 5.24. The molecule has 0 spiro atoms. The van der Waals surface area contributed by atoms with Gasteiger partial charge in [-0.2, -0.15) is 0 Å². The monoisotopic (exact) mass is 384 g/mol. The highest BCUT2D eigenvalue weighted by atomic mass is 16.5. The first-order valence-electron chi connectivity index (χ1n) is 9.57. The number of ether oxygens (including phenoxy) is 1. The zero-order chi connectivity index (χ0) is 20.1. The van der Waals surface area contributed by atoms with Gasteiger partial charge in [0.1, 0.15) is 11.5 Å². The average molecular weight is 384 g/mol. The summed E-state index contributed by atoms with van der Waals surface area (Å²) in [7, 11) is 3.42. The Morgan fingerprint density at radius 3 is 2.68 bits per heavy atom. The van der Waals surface area contributed by atoms with Crippen molar-refractivity contribution in [1.29, 1.82) is 0 Å². The lowest BCUT2D eigenvalue weighted by atomic mass is 9.88. The van der Waals surface area contributed by atoms with Crippen LogP contribution in [0.5, 0.6) is 11.5 Å². The van der Waals surface area contributed by atoms with Crippen molar-refractivity contribution in [1.82, 2.24) is 10.2 Å². The molecule has 1 amide bonds. The van der Waals surface area contributed by atoms with Crippen molar-refractivity contribution in [2.45, 2.75) is 31.4 Å². The Bertz CT molecular complexity index is 805. The Balaban J connectivity index is 1.54. The van der Waals surface area contributed by atoms with Crippen LogP contribution in [-0.2, 0) is 17.6 Å². The predicted molar refractivity (Wildman–Crippen MR) is 108 cm³/mol. The number of aryl methyl sites for hydroxylation is 1. The minimum Gasteiger partial charge on any atom is -0.508 e. The van der Waals surface area contributed by atoms with Crippen LogP contribution < -0.4 is 10.1 Å². The Morgan fingerprint density at radius 1 is 1.21 bits per heavy atom. The van der Waals surface area contributed by atoms with Gasteiger partial charge in [0, 0.05) is 26.7 Å². The molecule has 28 heavy (non-hydrogen) atoms. The maximum Gasteiger partial charge on any atom is 0.259 e. The lowest BCUT2D eigenvalue weighted by Gasteiger charge is -2.27. The van der Waals surface area contributed by atoms with E-state index in [-0.39, 0.29) is 24.3 Å². The van der Waals surface area contributed by atoms with Gasteiger partial charge in [0.25, 0.3) is 5.91 Å². The fourth-order valence-corrected chi connectivity index (χ4v) is 3.36. The third-order valence-corrected chi connectivity index (χ3v) is 5.15. The van der Waals surface area contributed by atoms with Crippen LogP contribution in [0.4, 0.5) is 0 Å². The summed E-state index contributed by atoms with van der Waals surface area (Å²) in [5.41, 5.74) is 3.31. The molecule has 0 bridgehead atoms. The molecule has 0 aliphatic heterocycles. The number of nitrogens with one attached hydrogen (secondary N) is 1. The number of phenolic OH excluding ortho intramolecular Hbond substituents is 1. The van der Waals surface area contributed by atoms with Gasteiger partial charge in [0.2, 0.25) is 0 Å². The van der Waals surface area contributed by atoms with Crippen molar-refractivity contribution in [2.24, 2.45) is 0 Å². The first-order chi connectivity index (χ1) is 13.4. The highest BCUT2D eigenvalue weighted by Gasteiger charge is 2.20. The lowest BCUT2D eigenvalue weighted by molar-refractivity contribution is -0.130. The summed E-state index contributed by atoms with van der Waals surface area (Å²) in [6, 6.07) is 12.9. The molecule has 0 unspecified atom stereocenters. The van der Waals surface area contributed by atoms with E-state index in [9.17, 15) is 15.0 Å². The van der Waals surface area contributed by atoms with Crippen LogP contribution in [-0.4, -0.2) is 54.3 Å². The molecule has 2 aromatic rings. The summed E-state index contributed by atoms with van der Waals surface area (Å²) in [6.07, 6.45) is 2.22. The molecule has 3 N–H and O–H groups in total. The van der Waals surface area contributed by atoms with Gasteiger partial charge in [-0.15, -0.1) is 0 Å². The van der Waals surface area contributed by atoms with Crippen molar-refractivity contribution >= 4 is 5.91 Å². The molecule has 6 heteroatoms. The molecule has 6 nitrogen and oxygen atoms in total. The molecule has 1 aliphatic rings. The van der Waals surface area contributed by atoms with E-state index in [2.05, 4.69) is 11.4 Å². The van der Waals surface area contributed by atoms with E-state index in [1.165, 1.54) is 16.0 Å². The molecule has 150 valence electrons. The standard InChI is InChI=1S/C22H28N2O4/c1-24(2)22(27)14-28-20-10-6-15-3-7-18(11-17(15)12-20)23-13-21(26)16-4-8-19(25)9-5-16/h4-6,8-10,12,18,21,23,25-26H,3,7,11,13-14H2,1-2H3/t18-,21-/m0/s1. The Labute approximate surface area is 165 Å².